The van der Waals surface area contributed by atoms with Gasteiger partial charge in [0, 0.05) is 6.07 Å². The first kappa shape index (κ1) is 26.8. The Morgan fingerprint density at radius 2 is 0.933 bits per heavy atom. The third-order valence-electron chi connectivity index (χ3n) is 6.07. The van der Waals surface area contributed by atoms with Crippen LogP contribution in [0.2, 0.25) is 0 Å². The molecule has 0 fully saturated rings. The summed E-state index contributed by atoms with van der Waals surface area (Å²) in [7, 11) is 0. The van der Waals surface area contributed by atoms with E-state index in [1.54, 1.807) is 12.1 Å². The molecule has 1 unspecified atom stereocenters. The number of rotatable bonds is 20. The van der Waals surface area contributed by atoms with Gasteiger partial charge in [-0.15, -0.1) is 0 Å². The highest BCUT2D eigenvalue weighted by Gasteiger charge is 2.07. The predicted octanol–water partition coefficient (Wildman–Crippen LogP) is 8.04. The van der Waals surface area contributed by atoms with Gasteiger partial charge in [0.1, 0.15) is 11.5 Å². The van der Waals surface area contributed by atoms with Crippen LogP contribution >= 0.6 is 0 Å². The summed E-state index contributed by atoms with van der Waals surface area (Å²) in [5.41, 5.74) is 0.784. The molecule has 3 N–H and O–H groups in total. The minimum atomic E-state index is -0.400. The van der Waals surface area contributed by atoms with Crippen molar-refractivity contribution in [1.82, 2.24) is 0 Å². The smallest absolute Gasteiger partial charge is 0.119 e. The van der Waals surface area contributed by atoms with Crippen LogP contribution < -0.4 is 0 Å². The van der Waals surface area contributed by atoms with Gasteiger partial charge in [-0.3, -0.25) is 0 Å². The quantitative estimate of drug-likeness (QED) is 0.187. The highest BCUT2D eigenvalue weighted by Crippen LogP contribution is 2.22. The maximum Gasteiger partial charge on any atom is 0.119 e. The Morgan fingerprint density at radius 1 is 0.567 bits per heavy atom. The zero-order valence-electron chi connectivity index (χ0n) is 19.6. The summed E-state index contributed by atoms with van der Waals surface area (Å²) in [6.45, 7) is 2.28. The Bertz CT molecular complexity index is 495. The summed E-state index contributed by atoms with van der Waals surface area (Å²) in [6, 6.07) is 4.53. The van der Waals surface area contributed by atoms with Gasteiger partial charge in [-0.05, 0) is 30.5 Å². The van der Waals surface area contributed by atoms with E-state index in [2.05, 4.69) is 6.92 Å². The number of phenolic OH excluding ortho intramolecular Hbond substituents is 2. The second-order valence-electron chi connectivity index (χ2n) is 9.16. The summed E-state index contributed by atoms with van der Waals surface area (Å²) in [4.78, 5) is 0. The van der Waals surface area contributed by atoms with Gasteiger partial charge in [0.25, 0.3) is 0 Å². The van der Waals surface area contributed by atoms with Crippen LogP contribution in [0.4, 0.5) is 0 Å². The van der Waals surface area contributed by atoms with Crippen molar-refractivity contribution in [2.45, 2.75) is 135 Å². The van der Waals surface area contributed by atoms with Crippen molar-refractivity contribution in [3.63, 3.8) is 0 Å². The molecule has 1 aromatic rings. The Labute approximate surface area is 185 Å². The Balaban J connectivity index is 1.82. The van der Waals surface area contributed by atoms with Crippen LogP contribution in [0.25, 0.3) is 0 Å². The lowest BCUT2D eigenvalue weighted by Crippen LogP contribution is -2.10. The topological polar surface area (TPSA) is 60.7 Å². The zero-order valence-corrected chi connectivity index (χ0v) is 19.6. The molecule has 0 aliphatic carbocycles. The first-order chi connectivity index (χ1) is 14.6. The molecule has 1 rings (SSSR count). The van der Waals surface area contributed by atoms with Gasteiger partial charge in [-0.2, -0.15) is 0 Å². The molecule has 0 radical (unpaired) electrons. The molecule has 0 spiro atoms. The second-order valence-corrected chi connectivity index (χ2v) is 9.16. The molecular formula is C27H48O3. The number of hydrogen-bond donors (Lipinski definition) is 3. The van der Waals surface area contributed by atoms with E-state index in [4.69, 9.17) is 0 Å². The Hall–Kier alpha value is -1.22. The lowest BCUT2D eigenvalue weighted by atomic mass is 10.0. The van der Waals surface area contributed by atoms with Crippen LogP contribution in [0.5, 0.6) is 11.5 Å². The van der Waals surface area contributed by atoms with Crippen molar-refractivity contribution < 1.29 is 15.3 Å². The number of benzene rings is 1. The number of aliphatic hydroxyl groups is 1. The molecule has 0 heterocycles. The van der Waals surface area contributed by atoms with Crippen molar-refractivity contribution in [1.29, 1.82) is 0 Å². The molecule has 0 amide bonds. The maximum atomic E-state index is 10.1. The van der Waals surface area contributed by atoms with E-state index < -0.39 is 6.10 Å². The number of hydrogen-bond acceptors (Lipinski definition) is 3. The van der Waals surface area contributed by atoms with E-state index in [0.29, 0.717) is 6.42 Å². The third kappa shape index (κ3) is 15.6. The minimum Gasteiger partial charge on any atom is -0.508 e. The minimum absolute atomic E-state index is 0.0509. The van der Waals surface area contributed by atoms with E-state index >= 15 is 0 Å². The summed E-state index contributed by atoms with van der Waals surface area (Å²) in [5.74, 6) is 0.102. The fraction of sp³-hybridized carbons (Fsp3) is 0.778. The van der Waals surface area contributed by atoms with Gasteiger partial charge in [0.2, 0.25) is 0 Å². The van der Waals surface area contributed by atoms with E-state index in [-0.39, 0.29) is 11.5 Å². The van der Waals surface area contributed by atoms with Crippen LogP contribution in [0.1, 0.15) is 128 Å². The first-order valence-corrected chi connectivity index (χ1v) is 12.8. The first-order valence-electron chi connectivity index (χ1n) is 12.8. The summed E-state index contributed by atoms with van der Waals surface area (Å²) < 4.78 is 0. The van der Waals surface area contributed by atoms with Crippen molar-refractivity contribution in [2.75, 3.05) is 0 Å². The Kier molecular flexibility index (Phi) is 16.6. The molecular weight excluding hydrogens is 372 g/mol. The summed E-state index contributed by atoms with van der Waals surface area (Å²) in [6.07, 6.45) is 24.0. The van der Waals surface area contributed by atoms with Crippen molar-refractivity contribution in [3.05, 3.63) is 23.8 Å². The predicted molar refractivity (Wildman–Crippen MR) is 128 cm³/mol. The number of aromatic hydroxyl groups is 2. The molecule has 0 saturated heterocycles. The van der Waals surface area contributed by atoms with Crippen molar-refractivity contribution in [3.8, 4) is 11.5 Å². The van der Waals surface area contributed by atoms with Crippen LogP contribution in [0.15, 0.2) is 18.2 Å². The van der Waals surface area contributed by atoms with Gasteiger partial charge in [-0.25, -0.2) is 0 Å². The second kappa shape index (κ2) is 18.5. The zero-order chi connectivity index (χ0) is 21.9. The molecule has 3 nitrogen and oxygen atoms in total. The monoisotopic (exact) mass is 420 g/mol. The van der Waals surface area contributed by atoms with Crippen LogP contribution in [-0.4, -0.2) is 21.4 Å². The lowest BCUT2D eigenvalue weighted by molar-refractivity contribution is 0.160. The largest absolute Gasteiger partial charge is 0.508 e. The molecule has 0 aliphatic rings. The van der Waals surface area contributed by atoms with E-state index in [1.165, 1.54) is 109 Å². The fourth-order valence-electron chi connectivity index (χ4n) is 4.25. The summed E-state index contributed by atoms with van der Waals surface area (Å²) >= 11 is 0. The van der Waals surface area contributed by atoms with Gasteiger partial charge in [-0.1, -0.05) is 116 Å². The lowest BCUT2D eigenvalue weighted by Gasteiger charge is -2.11. The fourth-order valence-corrected chi connectivity index (χ4v) is 4.25. The van der Waals surface area contributed by atoms with Crippen molar-refractivity contribution >= 4 is 0 Å². The highest BCUT2D eigenvalue weighted by molar-refractivity contribution is 5.36. The molecule has 1 atom stereocenters. The molecule has 0 saturated carbocycles. The van der Waals surface area contributed by atoms with Crippen molar-refractivity contribution in [2.24, 2.45) is 0 Å². The molecule has 3 heteroatoms. The molecule has 0 aromatic heterocycles. The molecule has 1 aromatic carbocycles. The van der Waals surface area contributed by atoms with Crippen LogP contribution in [-0.2, 0) is 6.42 Å². The SMILES string of the molecule is CCCCCCCCCCCCCCCCCCCC(O)Cc1cc(O)cc(O)c1. The van der Waals surface area contributed by atoms with E-state index in [0.717, 1.165) is 18.4 Å². The normalized spacial score (nSPS) is 12.3. The van der Waals surface area contributed by atoms with Crippen LogP contribution in [0, 0.1) is 0 Å². The average molecular weight is 421 g/mol. The van der Waals surface area contributed by atoms with Gasteiger partial charge in [0.05, 0.1) is 6.10 Å². The highest BCUT2D eigenvalue weighted by atomic mass is 16.3. The average Bonchev–Trinajstić information content (AvgIpc) is 2.69. The van der Waals surface area contributed by atoms with E-state index in [1.807, 2.05) is 0 Å². The van der Waals surface area contributed by atoms with Gasteiger partial charge < -0.3 is 15.3 Å². The standard InChI is InChI=1S/C27H48O3/c1-2-3-4-5-6-7-8-9-10-11-12-13-14-15-16-17-18-19-25(28)20-24-21-26(29)23-27(30)22-24/h21-23,25,28-30H,2-20H2,1H3. The molecule has 174 valence electrons. The van der Waals surface area contributed by atoms with Gasteiger partial charge >= 0.3 is 0 Å². The Morgan fingerprint density at radius 3 is 1.33 bits per heavy atom. The van der Waals surface area contributed by atoms with E-state index in [9.17, 15) is 15.3 Å². The molecule has 0 aliphatic heterocycles. The third-order valence-corrected chi connectivity index (χ3v) is 6.07. The molecule has 30 heavy (non-hydrogen) atoms. The number of unbranched alkanes of at least 4 members (excludes halogenated alkanes) is 16. The summed E-state index contributed by atoms with van der Waals surface area (Å²) in [5, 5.41) is 29.1. The van der Waals surface area contributed by atoms with Crippen LogP contribution in [0.3, 0.4) is 0 Å². The molecule has 0 bridgehead atoms. The number of phenols is 2. The maximum absolute atomic E-state index is 10.1. The van der Waals surface area contributed by atoms with Gasteiger partial charge in [0.15, 0.2) is 0 Å². The number of aliphatic hydroxyl groups excluding tert-OH is 1.